The third kappa shape index (κ3) is 2.25. The molecule has 0 spiro atoms. The molecule has 5 heteroatoms. The number of nitrogens with zero attached hydrogens (tertiary/aromatic N) is 3. The van der Waals surface area contributed by atoms with Gasteiger partial charge in [-0.3, -0.25) is 9.48 Å². The first-order valence-electron chi connectivity index (χ1n) is 6.88. The molecule has 0 aliphatic heterocycles. The normalized spacial score (nSPS) is 25.5. The molecule has 0 radical (unpaired) electrons. The van der Waals surface area contributed by atoms with Crippen molar-refractivity contribution >= 4 is 17.4 Å². The molecule has 0 bridgehead atoms. The van der Waals surface area contributed by atoms with Crippen LogP contribution in [0.25, 0.3) is 0 Å². The van der Waals surface area contributed by atoms with E-state index in [1.807, 2.05) is 20.8 Å². The van der Waals surface area contributed by atoms with E-state index in [2.05, 4.69) is 11.2 Å². The number of halogens is 1. The second-order valence-corrected chi connectivity index (χ2v) is 6.78. The summed E-state index contributed by atoms with van der Waals surface area (Å²) < 4.78 is 1.69. The lowest BCUT2D eigenvalue weighted by Gasteiger charge is -2.39. The predicted molar refractivity (Wildman–Crippen MR) is 77.3 cm³/mol. The van der Waals surface area contributed by atoms with E-state index in [1.54, 1.807) is 11.7 Å². The van der Waals surface area contributed by atoms with Gasteiger partial charge in [-0.05, 0) is 19.8 Å². The topological polar surface area (TPSA) is 58.7 Å². The van der Waals surface area contributed by atoms with Crippen LogP contribution < -0.4 is 0 Å². The number of aromatic nitrogens is 2. The van der Waals surface area contributed by atoms with Crippen LogP contribution in [0, 0.1) is 29.1 Å². The van der Waals surface area contributed by atoms with Crippen LogP contribution in [0.2, 0.25) is 5.02 Å². The highest BCUT2D eigenvalue weighted by Gasteiger charge is 2.49. The average molecular weight is 294 g/mol. The van der Waals surface area contributed by atoms with Gasteiger partial charge in [-0.25, -0.2) is 0 Å². The predicted octanol–water partition coefficient (Wildman–Crippen LogP) is 3.21. The Morgan fingerprint density at radius 1 is 1.45 bits per heavy atom. The number of hydrogen-bond acceptors (Lipinski definition) is 3. The zero-order chi connectivity index (χ0) is 15.1. The third-order valence-corrected chi connectivity index (χ3v) is 4.89. The fourth-order valence-corrected chi connectivity index (χ4v) is 3.41. The molecule has 1 aromatic rings. The quantitative estimate of drug-likeness (QED) is 0.841. The Morgan fingerprint density at radius 2 is 2.10 bits per heavy atom. The van der Waals surface area contributed by atoms with Gasteiger partial charge in [0.05, 0.1) is 22.5 Å². The second-order valence-electron chi connectivity index (χ2n) is 6.41. The molecule has 0 saturated heterocycles. The van der Waals surface area contributed by atoms with Crippen LogP contribution >= 0.6 is 11.6 Å². The van der Waals surface area contributed by atoms with E-state index in [1.165, 1.54) is 0 Å². The number of nitriles is 1. The Hall–Kier alpha value is -1.34. The van der Waals surface area contributed by atoms with Crippen molar-refractivity contribution in [2.45, 2.75) is 46.5 Å². The van der Waals surface area contributed by atoms with Gasteiger partial charge >= 0.3 is 0 Å². The summed E-state index contributed by atoms with van der Waals surface area (Å²) in [7, 11) is 1.80. The molecule has 1 atom stereocenters. The van der Waals surface area contributed by atoms with E-state index in [-0.39, 0.29) is 5.78 Å². The summed E-state index contributed by atoms with van der Waals surface area (Å²) in [5.41, 5.74) is 0.108. The Morgan fingerprint density at radius 3 is 2.60 bits per heavy atom. The van der Waals surface area contributed by atoms with Crippen LogP contribution in [0.5, 0.6) is 0 Å². The molecule has 4 nitrogen and oxygen atoms in total. The molecule has 1 aliphatic carbocycles. The molecule has 20 heavy (non-hydrogen) atoms. The van der Waals surface area contributed by atoms with Crippen molar-refractivity contribution in [2.24, 2.45) is 17.9 Å². The number of ketones is 1. The van der Waals surface area contributed by atoms with Gasteiger partial charge in [-0.15, -0.1) is 0 Å². The zero-order valence-corrected chi connectivity index (χ0v) is 13.2. The molecule has 1 aromatic heterocycles. The number of hydrogen-bond donors (Lipinski definition) is 0. The Labute approximate surface area is 124 Å². The van der Waals surface area contributed by atoms with Gasteiger partial charge in [-0.2, -0.15) is 10.4 Å². The highest BCUT2D eigenvalue weighted by Crippen LogP contribution is 2.45. The van der Waals surface area contributed by atoms with Gasteiger partial charge in [0.2, 0.25) is 0 Å². The molecular weight excluding hydrogens is 274 g/mol. The average Bonchev–Trinajstić information content (AvgIpc) is 2.61. The summed E-state index contributed by atoms with van der Waals surface area (Å²) in [4.78, 5) is 12.7. The summed E-state index contributed by atoms with van der Waals surface area (Å²) in [6.07, 6.45) is 2.68. The van der Waals surface area contributed by atoms with Crippen molar-refractivity contribution in [3.8, 4) is 6.07 Å². The van der Waals surface area contributed by atoms with E-state index in [0.717, 1.165) is 24.2 Å². The Kier molecular flexibility index (Phi) is 3.68. The minimum absolute atomic E-state index is 0.0358. The van der Waals surface area contributed by atoms with Crippen LogP contribution in [0.3, 0.4) is 0 Å². The number of aryl methyl sites for hydroxylation is 2. The highest BCUT2D eigenvalue weighted by molar-refractivity contribution is 6.31. The van der Waals surface area contributed by atoms with Crippen molar-refractivity contribution in [3.63, 3.8) is 0 Å². The van der Waals surface area contributed by atoms with Gasteiger partial charge < -0.3 is 0 Å². The fraction of sp³-hybridized carbons (Fsp3) is 0.667. The highest BCUT2D eigenvalue weighted by atomic mass is 35.5. The number of carbonyl (C=O) groups excluding carboxylic acids is 1. The van der Waals surface area contributed by atoms with E-state index in [4.69, 9.17) is 11.6 Å². The first-order valence-corrected chi connectivity index (χ1v) is 7.25. The van der Waals surface area contributed by atoms with E-state index >= 15 is 0 Å². The smallest absolute Gasteiger partial charge is 0.159 e. The molecular formula is C15H20ClN3O. The molecule has 0 aromatic carbocycles. The van der Waals surface area contributed by atoms with Crippen molar-refractivity contribution in [1.29, 1.82) is 5.26 Å². The van der Waals surface area contributed by atoms with Gasteiger partial charge in [0.25, 0.3) is 0 Å². The standard InChI is InChI=1S/C15H20ClN3O/c1-10-12(16)11(19(4)18-10)8-15(9-17)7-5-6-14(2,3)13(15)20/h5-8H2,1-4H3. The molecule has 108 valence electrons. The van der Waals surface area contributed by atoms with Crippen LogP contribution in [-0.2, 0) is 18.3 Å². The maximum absolute atomic E-state index is 12.7. The van der Waals surface area contributed by atoms with Gasteiger partial charge in [-0.1, -0.05) is 31.9 Å². The summed E-state index contributed by atoms with van der Waals surface area (Å²) in [6, 6.07) is 2.29. The first-order chi connectivity index (χ1) is 9.23. The number of rotatable bonds is 2. The molecule has 1 unspecified atom stereocenters. The molecule has 1 fully saturated rings. The maximum Gasteiger partial charge on any atom is 0.159 e. The third-order valence-electron chi connectivity index (χ3n) is 4.40. The van der Waals surface area contributed by atoms with Gasteiger partial charge in [0.1, 0.15) is 5.41 Å². The monoisotopic (exact) mass is 293 g/mol. The fourth-order valence-electron chi connectivity index (χ4n) is 3.18. The first kappa shape index (κ1) is 15.1. The molecule has 1 heterocycles. The zero-order valence-electron chi connectivity index (χ0n) is 12.5. The van der Waals surface area contributed by atoms with Gasteiger partial charge in [0.15, 0.2) is 5.78 Å². The largest absolute Gasteiger partial charge is 0.297 e. The van der Waals surface area contributed by atoms with Crippen LogP contribution in [0.4, 0.5) is 0 Å². The minimum atomic E-state index is -0.967. The van der Waals surface area contributed by atoms with Crippen molar-refractivity contribution < 1.29 is 4.79 Å². The van der Waals surface area contributed by atoms with E-state index in [9.17, 15) is 10.1 Å². The number of carbonyl (C=O) groups is 1. The molecule has 0 amide bonds. The molecule has 1 aliphatic rings. The second kappa shape index (κ2) is 4.89. The lowest BCUT2D eigenvalue weighted by molar-refractivity contribution is -0.138. The van der Waals surface area contributed by atoms with Crippen molar-refractivity contribution in [1.82, 2.24) is 9.78 Å². The van der Waals surface area contributed by atoms with Crippen LogP contribution in [0.15, 0.2) is 0 Å². The van der Waals surface area contributed by atoms with Crippen molar-refractivity contribution in [2.75, 3.05) is 0 Å². The van der Waals surface area contributed by atoms with E-state index in [0.29, 0.717) is 17.9 Å². The van der Waals surface area contributed by atoms with Crippen molar-refractivity contribution in [3.05, 3.63) is 16.4 Å². The summed E-state index contributed by atoms with van der Waals surface area (Å²) >= 11 is 6.27. The molecule has 1 saturated carbocycles. The Bertz CT molecular complexity index is 597. The lowest BCUT2D eigenvalue weighted by atomic mass is 9.61. The number of Topliss-reactive ketones (excluding diaryl/α,β-unsaturated/α-hetero) is 1. The molecule has 0 N–H and O–H groups in total. The molecule has 2 rings (SSSR count). The summed E-state index contributed by atoms with van der Waals surface area (Å²) in [5.74, 6) is 0.0358. The van der Waals surface area contributed by atoms with Crippen LogP contribution in [-0.4, -0.2) is 15.6 Å². The maximum atomic E-state index is 12.7. The Balaban J connectivity index is 2.43. The van der Waals surface area contributed by atoms with Crippen LogP contribution in [0.1, 0.15) is 44.5 Å². The van der Waals surface area contributed by atoms with E-state index < -0.39 is 10.8 Å². The minimum Gasteiger partial charge on any atom is -0.297 e. The van der Waals surface area contributed by atoms with Gasteiger partial charge in [0, 0.05) is 18.9 Å². The summed E-state index contributed by atoms with van der Waals surface area (Å²) in [6.45, 7) is 5.69. The SMILES string of the molecule is Cc1nn(C)c(CC2(C#N)CCCC(C)(C)C2=O)c1Cl. The lowest BCUT2D eigenvalue weighted by Crippen LogP contribution is -2.45. The summed E-state index contributed by atoms with van der Waals surface area (Å²) in [5, 5.41) is 14.5.